The standard InChI is InChI=1S/C15H21NO2S/c1-17-14-5-4-11-7-13(9-18-15(11)8-14)16-12-3-2-6-19-10-12/h4-5,8,12-13,16H,2-3,6-7,9-10H2,1H3/t12-,13+/m1/s1. The molecule has 0 aliphatic carbocycles. The molecule has 1 saturated heterocycles. The van der Waals surface area contributed by atoms with E-state index >= 15 is 0 Å². The van der Waals surface area contributed by atoms with Gasteiger partial charge >= 0.3 is 0 Å². The summed E-state index contributed by atoms with van der Waals surface area (Å²) < 4.78 is 11.1. The minimum absolute atomic E-state index is 0.449. The molecule has 2 heterocycles. The quantitative estimate of drug-likeness (QED) is 0.921. The Morgan fingerprint density at radius 3 is 3.11 bits per heavy atom. The molecular weight excluding hydrogens is 258 g/mol. The number of nitrogens with one attached hydrogen (secondary N) is 1. The molecule has 1 fully saturated rings. The molecule has 0 amide bonds. The lowest BCUT2D eigenvalue weighted by molar-refractivity contribution is 0.226. The minimum Gasteiger partial charge on any atom is -0.497 e. The molecule has 0 saturated carbocycles. The topological polar surface area (TPSA) is 30.5 Å². The predicted octanol–water partition coefficient (Wildman–Crippen LogP) is 2.48. The van der Waals surface area contributed by atoms with E-state index in [0.29, 0.717) is 12.1 Å². The van der Waals surface area contributed by atoms with E-state index in [2.05, 4.69) is 23.1 Å². The smallest absolute Gasteiger partial charge is 0.126 e. The Morgan fingerprint density at radius 2 is 2.32 bits per heavy atom. The van der Waals surface area contributed by atoms with E-state index in [1.807, 2.05) is 12.1 Å². The first-order valence-corrected chi connectivity index (χ1v) is 8.14. The summed E-state index contributed by atoms with van der Waals surface area (Å²) in [5.74, 6) is 4.41. The number of rotatable bonds is 3. The Morgan fingerprint density at radius 1 is 1.37 bits per heavy atom. The highest BCUT2D eigenvalue weighted by atomic mass is 32.2. The van der Waals surface area contributed by atoms with Crippen molar-refractivity contribution in [3.8, 4) is 11.5 Å². The summed E-state index contributed by atoms with van der Waals surface area (Å²) in [6.07, 6.45) is 3.70. The summed E-state index contributed by atoms with van der Waals surface area (Å²) in [6.45, 7) is 0.765. The first kappa shape index (κ1) is 13.1. The van der Waals surface area contributed by atoms with Gasteiger partial charge in [-0.05, 0) is 36.6 Å². The Balaban J connectivity index is 1.61. The molecule has 0 bridgehead atoms. The summed E-state index contributed by atoms with van der Waals surface area (Å²) in [7, 11) is 1.69. The number of benzene rings is 1. The van der Waals surface area contributed by atoms with Crippen molar-refractivity contribution in [3.05, 3.63) is 23.8 Å². The first-order chi connectivity index (χ1) is 9.35. The van der Waals surface area contributed by atoms with E-state index < -0.39 is 0 Å². The molecular formula is C15H21NO2S. The molecule has 2 atom stereocenters. The van der Waals surface area contributed by atoms with E-state index in [1.165, 1.54) is 29.9 Å². The van der Waals surface area contributed by atoms with Gasteiger partial charge in [-0.3, -0.25) is 0 Å². The van der Waals surface area contributed by atoms with Crippen molar-refractivity contribution < 1.29 is 9.47 Å². The average Bonchev–Trinajstić information content (AvgIpc) is 2.48. The second kappa shape index (κ2) is 6.06. The maximum atomic E-state index is 5.87. The van der Waals surface area contributed by atoms with Gasteiger partial charge in [0.15, 0.2) is 0 Å². The van der Waals surface area contributed by atoms with Crippen LogP contribution in [0.5, 0.6) is 11.5 Å². The Labute approximate surface area is 119 Å². The van der Waals surface area contributed by atoms with Crippen LogP contribution in [0.15, 0.2) is 18.2 Å². The molecule has 3 rings (SSSR count). The van der Waals surface area contributed by atoms with Crippen LogP contribution in [-0.2, 0) is 6.42 Å². The van der Waals surface area contributed by atoms with Gasteiger partial charge in [0.1, 0.15) is 18.1 Å². The summed E-state index contributed by atoms with van der Waals surface area (Å²) in [6, 6.07) is 7.23. The van der Waals surface area contributed by atoms with Crippen LogP contribution in [0.2, 0.25) is 0 Å². The highest BCUT2D eigenvalue weighted by molar-refractivity contribution is 7.99. The third-order valence-corrected chi connectivity index (χ3v) is 5.03. The first-order valence-electron chi connectivity index (χ1n) is 6.98. The molecule has 0 spiro atoms. The van der Waals surface area contributed by atoms with Gasteiger partial charge in [-0.15, -0.1) is 0 Å². The van der Waals surface area contributed by atoms with Crippen LogP contribution in [0.4, 0.5) is 0 Å². The summed E-state index contributed by atoms with van der Waals surface area (Å²) in [4.78, 5) is 0. The minimum atomic E-state index is 0.449. The highest BCUT2D eigenvalue weighted by Crippen LogP contribution is 2.29. The Bertz CT molecular complexity index is 432. The van der Waals surface area contributed by atoms with Crippen molar-refractivity contribution >= 4 is 11.8 Å². The van der Waals surface area contributed by atoms with Gasteiger partial charge in [0, 0.05) is 23.9 Å². The van der Waals surface area contributed by atoms with Crippen molar-refractivity contribution in [1.82, 2.24) is 5.32 Å². The molecule has 104 valence electrons. The van der Waals surface area contributed by atoms with Gasteiger partial charge in [0.05, 0.1) is 7.11 Å². The number of methoxy groups -OCH3 is 1. The van der Waals surface area contributed by atoms with Crippen molar-refractivity contribution in [2.45, 2.75) is 31.3 Å². The maximum absolute atomic E-state index is 5.87. The largest absolute Gasteiger partial charge is 0.497 e. The number of hydrogen-bond acceptors (Lipinski definition) is 4. The van der Waals surface area contributed by atoms with Crippen LogP contribution in [-0.4, -0.2) is 37.3 Å². The van der Waals surface area contributed by atoms with Crippen LogP contribution in [0.25, 0.3) is 0 Å². The van der Waals surface area contributed by atoms with Gasteiger partial charge in [-0.1, -0.05) is 6.07 Å². The van der Waals surface area contributed by atoms with E-state index in [0.717, 1.165) is 24.5 Å². The number of thioether (sulfide) groups is 1. The summed E-state index contributed by atoms with van der Waals surface area (Å²) >= 11 is 2.06. The van der Waals surface area contributed by atoms with Gasteiger partial charge in [-0.2, -0.15) is 11.8 Å². The Kier molecular flexibility index (Phi) is 4.18. The second-order valence-electron chi connectivity index (χ2n) is 5.27. The van der Waals surface area contributed by atoms with E-state index in [1.54, 1.807) is 7.11 Å². The van der Waals surface area contributed by atoms with Crippen LogP contribution >= 0.6 is 11.8 Å². The predicted molar refractivity (Wildman–Crippen MR) is 79.5 cm³/mol. The molecule has 3 nitrogen and oxygen atoms in total. The SMILES string of the molecule is COc1ccc2c(c1)OC[C@@H](N[C@@H]1CCCSC1)C2. The van der Waals surface area contributed by atoms with Crippen LogP contribution < -0.4 is 14.8 Å². The van der Waals surface area contributed by atoms with Crippen LogP contribution in [0.3, 0.4) is 0 Å². The molecule has 0 unspecified atom stereocenters. The fraction of sp³-hybridized carbons (Fsp3) is 0.600. The molecule has 4 heteroatoms. The zero-order valence-electron chi connectivity index (χ0n) is 11.4. The van der Waals surface area contributed by atoms with Crippen LogP contribution in [0, 0.1) is 0 Å². The van der Waals surface area contributed by atoms with Gasteiger partial charge < -0.3 is 14.8 Å². The second-order valence-corrected chi connectivity index (χ2v) is 6.42. The molecule has 2 aliphatic heterocycles. The van der Waals surface area contributed by atoms with E-state index in [-0.39, 0.29) is 0 Å². The normalized spacial score (nSPS) is 26.4. The fourth-order valence-electron chi connectivity index (χ4n) is 2.79. The molecule has 1 N–H and O–H groups in total. The highest BCUT2D eigenvalue weighted by Gasteiger charge is 2.23. The zero-order valence-corrected chi connectivity index (χ0v) is 12.2. The van der Waals surface area contributed by atoms with Crippen molar-refractivity contribution in [3.63, 3.8) is 0 Å². The lowest BCUT2D eigenvalue weighted by Crippen LogP contribution is -2.46. The lowest BCUT2D eigenvalue weighted by atomic mass is 10.0. The molecule has 1 aromatic carbocycles. The molecule has 19 heavy (non-hydrogen) atoms. The van der Waals surface area contributed by atoms with Gasteiger partial charge in [0.2, 0.25) is 0 Å². The van der Waals surface area contributed by atoms with E-state index in [9.17, 15) is 0 Å². The lowest BCUT2D eigenvalue weighted by Gasteiger charge is -2.31. The zero-order chi connectivity index (χ0) is 13.1. The summed E-state index contributed by atoms with van der Waals surface area (Å²) in [5.41, 5.74) is 1.29. The Hall–Kier alpha value is -0.870. The third kappa shape index (κ3) is 3.18. The molecule has 1 aromatic rings. The van der Waals surface area contributed by atoms with Crippen molar-refractivity contribution in [1.29, 1.82) is 0 Å². The molecule has 2 aliphatic rings. The summed E-state index contributed by atoms with van der Waals surface area (Å²) in [5, 5.41) is 3.75. The van der Waals surface area contributed by atoms with Crippen LogP contribution in [0.1, 0.15) is 18.4 Å². The number of hydrogen-bond donors (Lipinski definition) is 1. The van der Waals surface area contributed by atoms with Gasteiger partial charge in [-0.25, -0.2) is 0 Å². The number of fused-ring (bicyclic) bond motifs is 1. The average molecular weight is 279 g/mol. The van der Waals surface area contributed by atoms with Gasteiger partial charge in [0.25, 0.3) is 0 Å². The van der Waals surface area contributed by atoms with Crippen molar-refractivity contribution in [2.24, 2.45) is 0 Å². The van der Waals surface area contributed by atoms with E-state index in [4.69, 9.17) is 9.47 Å². The maximum Gasteiger partial charge on any atom is 0.126 e. The number of ether oxygens (including phenoxy) is 2. The molecule has 0 radical (unpaired) electrons. The monoisotopic (exact) mass is 279 g/mol. The molecule has 0 aromatic heterocycles. The third-order valence-electron chi connectivity index (χ3n) is 3.81. The van der Waals surface area contributed by atoms with Crippen molar-refractivity contribution in [2.75, 3.05) is 25.2 Å². The fourth-order valence-corrected chi connectivity index (χ4v) is 3.88.